The molecule has 3 rings (SSSR count). The van der Waals surface area contributed by atoms with Crippen LogP contribution in [0.2, 0.25) is 0 Å². The van der Waals surface area contributed by atoms with Crippen LogP contribution in [0.1, 0.15) is 10.4 Å². The molecule has 0 saturated carbocycles. The van der Waals surface area contributed by atoms with E-state index in [2.05, 4.69) is 12.1 Å². The predicted molar refractivity (Wildman–Crippen MR) is 110 cm³/mol. The molecule has 3 aromatic rings. The Labute approximate surface area is 167 Å². The number of nitrogens with zero attached hydrogens (tertiary/aromatic N) is 1. The van der Waals surface area contributed by atoms with E-state index in [0.29, 0.717) is 13.2 Å². The van der Waals surface area contributed by atoms with Gasteiger partial charge in [0.2, 0.25) is 0 Å². The lowest BCUT2D eigenvalue weighted by atomic mass is 10.0. The largest absolute Gasteiger partial charge is 0.492 e. The molecule has 0 unspecified atom stereocenters. The highest BCUT2D eigenvalue weighted by molar-refractivity contribution is 7.09. The second kappa shape index (κ2) is 9.48. The summed E-state index contributed by atoms with van der Waals surface area (Å²) in [6, 6.07) is 16.5. The number of benzene rings is 2. The summed E-state index contributed by atoms with van der Waals surface area (Å²) in [5.74, 6) is -0.333. The first-order valence-corrected chi connectivity index (χ1v) is 9.83. The number of hydrogen-bond donors (Lipinski definition) is 1. The van der Waals surface area contributed by atoms with Crippen LogP contribution in [0.3, 0.4) is 0 Å². The van der Waals surface area contributed by atoms with E-state index in [-0.39, 0.29) is 12.4 Å². The monoisotopic (exact) mass is 399 g/mol. The average Bonchev–Trinajstić information content (AvgIpc) is 3.16. The maximum absolute atomic E-state index is 13.2. The highest BCUT2D eigenvalue weighted by atomic mass is 32.1. The number of carboxylic acids is 1. The summed E-state index contributed by atoms with van der Waals surface area (Å²) in [5.41, 5.74) is 2.99. The lowest BCUT2D eigenvalue weighted by Crippen LogP contribution is -2.29. The Morgan fingerprint density at radius 2 is 1.89 bits per heavy atom. The molecule has 0 aliphatic rings. The molecule has 6 heteroatoms. The number of halogens is 1. The summed E-state index contributed by atoms with van der Waals surface area (Å²) in [4.78, 5) is 13.7. The van der Waals surface area contributed by atoms with Gasteiger partial charge < -0.3 is 9.84 Å². The van der Waals surface area contributed by atoms with Crippen LogP contribution >= 0.6 is 11.3 Å². The number of likely N-dealkylation sites (N-methyl/N-ethyl adjacent to an activating group) is 1. The van der Waals surface area contributed by atoms with Crippen molar-refractivity contribution in [3.8, 4) is 16.9 Å². The Morgan fingerprint density at radius 3 is 2.57 bits per heavy atom. The summed E-state index contributed by atoms with van der Waals surface area (Å²) in [6.45, 7) is 0.899. The van der Waals surface area contributed by atoms with E-state index < -0.39 is 5.97 Å². The Kier molecular flexibility index (Phi) is 6.79. The zero-order valence-electron chi connectivity index (χ0n) is 15.6. The van der Waals surface area contributed by atoms with Crippen molar-refractivity contribution in [1.82, 2.24) is 4.90 Å². The van der Waals surface area contributed by atoms with Crippen molar-refractivity contribution in [2.75, 3.05) is 26.7 Å². The predicted octanol–water partition coefficient (Wildman–Crippen LogP) is 4.54. The number of ether oxygens (including phenoxy) is 1. The van der Waals surface area contributed by atoms with Gasteiger partial charge in [0.25, 0.3) is 0 Å². The van der Waals surface area contributed by atoms with E-state index in [1.807, 2.05) is 23.6 Å². The zero-order valence-corrected chi connectivity index (χ0v) is 16.4. The SMILES string of the molecule is CN(CCOc1ccc(-c2ccc(F)cc2)cc1Cc1cccs1)CC(=O)O. The minimum absolute atomic E-state index is 0.0189. The van der Waals surface area contributed by atoms with E-state index in [1.54, 1.807) is 35.4 Å². The van der Waals surface area contributed by atoms with Gasteiger partial charge >= 0.3 is 5.97 Å². The molecule has 0 atom stereocenters. The van der Waals surface area contributed by atoms with Crippen LogP contribution in [-0.2, 0) is 11.2 Å². The summed E-state index contributed by atoms with van der Waals surface area (Å²) in [6.07, 6.45) is 0.743. The molecule has 1 N–H and O–H groups in total. The highest BCUT2D eigenvalue weighted by Gasteiger charge is 2.10. The minimum atomic E-state index is -0.857. The van der Waals surface area contributed by atoms with E-state index in [9.17, 15) is 9.18 Å². The van der Waals surface area contributed by atoms with E-state index in [4.69, 9.17) is 9.84 Å². The number of hydrogen-bond acceptors (Lipinski definition) is 4. The normalized spacial score (nSPS) is 11.0. The van der Waals surface area contributed by atoms with Gasteiger partial charge in [-0.2, -0.15) is 0 Å². The fraction of sp³-hybridized carbons (Fsp3) is 0.227. The molecule has 0 bridgehead atoms. The molecular formula is C22H22FNO3S. The first kappa shape index (κ1) is 20.0. The Bertz CT molecular complexity index is 910. The van der Waals surface area contributed by atoms with Crippen LogP contribution in [0, 0.1) is 5.82 Å². The van der Waals surface area contributed by atoms with Gasteiger partial charge in [-0.15, -0.1) is 11.3 Å². The van der Waals surface area contributed by atoms with Crippen LogP contribution in [0.5, 0.6) is 5.75 Å². The van der Waals surface area contributed by atoms with Gasteiger partial charge in [0.1, 0.15) is 18.2 Å². The van der Waals surface area contributed by atoms with Crippen molar-refractivity contribution < 1.29 is 19.0 Å². The third-order valence-corrected chi connectivity index (χ3v) is 5.19. The Balaban J connectivity index is 1.78. The zero-order chi connectivity index (χ0) is 19.9. The Morgan fingerprint density at radius 1 is 1.14 bits per heavy atom. The average molecular weight is 399 g/mol. The van der Waals surface area contributed by atoms with Gasteiger partial charge in [-0.25, -0.2) is 4.39 Å². The molecule has 1 aromatic heterocycles. The summed E-state index contributed by atoms with van der Waals surface area (Å²) < 4.78 is 19.2. The van der Waals surface area contributed by atoms with Crippen LogP contribution in [0.25, 0.3) is 11.1 Å². The third-order valence-electron chi connectivity index (χ3n) is 4.32. The van der Waals surface area contributed by atoms with Gasteiger partial charge in [-0.3, -0.25) is 9.69 Å². The fourth-order valence-corrected chi connectivity index (χ4v) is 3.63. The lowest BCUT2D eigenvalue weighted by Gasteiger charge is -2.17. The van der Waals surface area contributed by atoms with Crippen LogP contribution in [-0.4, -0.2) is 42.7 Å². The van der Waals surface area contributed by atoms with Crippen LogP contribution in [0.4, 0.5) is 4.39 Å². The number of carbonyl (C=O) groups is 1. The number of aliphatic carboxylic acids is 1. The molecule has 1 heterocycles. The lowest BCUT2D eigenvalue weighted by molar-refractivity contribution is -0.138. The molecule has 4 nitrogen and oxygen atoms in total. The van der Waals surface area contributed by atoms with Crippen molar-refractivity contribution in [3.63, 3.8) is 0 Å². The minimum Gasteiger partial charge on any atom is -0.492 e. The first-order valence-electron chi connectivity index (χ1n) is 8.95. The van der Waals surface area contributed by atoms with Crippen molar-refractivity contribution in [3.05, 3.63) is 76.2 Å². The van der Waals surface area contributed by atoms with E-state index >= 15 is 0 Å². The molecule has 0 amide bonds. The fourth-order valence-electron chi connectivity index (χ4n) is 2.90. The van der Waals surface area contributed by atoms with Gasteiger partial charge in [0.15, 0.2) is 0 Å². The number of thiophene rings is 1. The van der Waals surface area contributed by atoms with Crippen molar-refractivity contribution >= 4 is 17.3 Å². The topological polar surface area (TPSA) is 49.8 Å². The van der Waals surface area contributed by atoms with Gasteiger partial charge in [-0.05, 0) is 59.4 Å². The van der Waals surface area contributed by atoms with Crippen molar-refractivity contribution in [2.45, 2.75) is 6.42 Å². The first-order chi connectivity index (χ1) is 13.5. The third kappa shape index (κ3) is 5.65. The van der Waals surface area contributed by atoms with Gasteiger partial charge in [0.05, 0.1) is 6.54 Å². The maximum atomic E-state index is 13.2. The molecule has 2 aromatic carbocycles. The van der Waals surface area contributed by atoms with Crippen LogP contribution in [0.15, 0.2) is 60.0 Å². The van der Waals surface area contributed by atoms with E-state index in [0.717, 1.165) is 28.9 Å². The van der Waals surface area contributed by atoms with Gasteiger partial charge in [-0.1, -0.05) is 24.3 Å². The molecule has 0 fully saturated rings. The molecule has 0 radical (unpaired) electrons. The van der Waals surface area contributed by atoms with Crippen LogP contribution < -0.4 is 4.74 Å². The summed E-state index contributed by atoms with van der Waals surface area (Å²) >= 11 is 1.69. The molecule has 0 saturated heterocycles. The smallest absolute Gasteiger partial charge is 0.317 e. The van der Waals surface area contributed by atoms with Gasteiger partial charge in [0, 0.05) is 17.8 Å². The quantitative estimate of drug-likeness (QED) is 0.574. The molecule has 146 valence electrons. The number of carboxylic acid groups (broad SMARTS) is 1. The molecule has 0 spiro atoms. The summed E-state index contributed by atoms with van der Waals surface area (Å²) in [5, 5.41) is 10.9. The van der Waals surface area contributed by atoms with Crippen molar-refractivity contribution in [1.29, 1.82) is 0 Å². The van der Waals surface area contributed by atoms with Crippen molar-refractivity contribution in [2.24, 2.45) is 0 Å². The second-order valence-corrected chi connectivity index (χ2v) is 7.60. The maximum Gasteiger partial charge on any atom is 0.317 e. The second-order valence-electron chi connectivity index (χ2n) is 6.57. The highest BCUT2D eigenvalue weighted by Crippen LogP contribution is 2.29. The molecule has 0 aliphatic carbocycles. The molecule has 0 aliphatic heterocycles. The standard InChI is InChI=1S/C22H22FNO3S/c1-24(15-22(25)26)10-11-27-21-9-6-17(16-4-7-19(23)8-5-16)13-18(21)14-20-3-2-12-28-20/h2-9,12-13H,10-11,14-15H2,1H3,(H,25,26). The molecule has 28 heavy (non-hydrogen) atoms. The van der Waals surface area contributed by atoms with E-state index in [1.165, 1.54) is 17.0 Å². The molecular weight excluding hydrogens is 377 g/mol. The summed E-state index contributed by atoms with van der Waals surface area (Å²) in [7, 11) is 1.75. The Hall–Kier alpha value is -2.70. The number of rotatable bonds is 9.